The Bertz CT molecular complexity index is 371. The van der Waals surface area contributed by atoms with Crippen molar-refractivity contribution >= 4 is 11.7 Å². The third kappa shape index (κ3) is 3.41. The van der Waals surface area contributed by atoms with E-state index in [2.05, 4.69) is 15.5 Å². The molecule has 1 saturated carbocycles. The monoisotopic (exact) mass is 234 g/mol. The van der Waals surface area contributed by atoms with Crippen molar-refractivity contribution in [3.05, 3.63) is 17.8 Å². The van der Waals surface area contributed by atoms with Crippen molar-refractivity contribution in [1.29, 1.82) is 0 Å². The van der Waals surface area contributed by atoms with Crippen molar-refractivity contribution < 1.29 is 4.79 Å². The summed E-state index contributed by atoms with van der Waals surface area (Å²) in [6.45, 7) is 0.718. The predicted molar refractivity (Wildman–Crippen MR) is 65.4 cm³/mol. The Balaban J connectivity index is 1.75. The summed E-state index contributed by atoms with van der Waals surface area (Å²) in [5, 5.41) is 10.3. The number of amides is 1. The van der Waals surface area contributed by atoms with Gasteiger partial charge in [0, 0.05) is 6.54 Å². The van der Waals surface area contributed by atoms with E-state index in [1.54, 1.807) is 12.1 Å². The Labute approximate surface area is 101 Å². The molecule has 0 bridgehead atoms. The molecule has 1 aliphatic carbocycles. The van der Waals surface area contributed by atoms with Crippen LogP contribution in [0.15, 0.2) is 12.1 Å². The molecule has 0 atom stereocenters. The summed E-state index contributed by atoms with van der Waals surface area (Å²) in [7, 11) is 0. The van der Waals surface area contributed by atoms with Gasteiger partial charge in [0.2, 0.25) is 0 Å². The summed E-state index contributed by atoms with van der Waals surface area (Å²) in [6.07, 6.45) is 6.34. The van der Waals surface area contributed by atoms with Crippen molar-refractivity contribution in [3.8, 4) is 0 Å². The second kappa shape index (κ2) is 5.61. The number of nitrogens with two attached hydrogens (primary N) is 1. The van der Waals surface area contributed by atoms with Crippen LogP contribution >= 0.6 is 0 Å². The molecule has 1 aliphatic rings. The highest BCUT2D eigenvalue weighted by molar-refractivity contribution is 5.92. The average molecular weight is 234 g/mol. The van der Waals surface area contributed by atoms with Gasteiger partial charge in [0.15, 0.2) is 5.69 Å². The molecule has 1 amide bonds. The number of aromatic nitrogens is 2. The summed E-state index contributed by atoms with van der Waals surface area (Å²) in [6, 6.07) is 3.17. The second-order valence-corrected chi connectivity index (χ2v) is 4.54. The Morgan fingerprint density at radius 2 is 2.12 bits per heavy atom. The van der Waals surface area contributed by atoms with E-state index in [0.29, 0.717) is 11.5 Å². The van der Waals surface area contributed by atoms with Gasteiger partial charge in [-0.15, -0.1) is 10.2 Å². The average Bonchev–Trinajstić information content (AvgIpc) is 2.83. The summed E-state index contributed by atoms with van der Waals surface area (Å²) < 4.78 is 0. The van der Waals surface area contributed by atoms with Gasteiger partial charge in [-0.1, -0.05) is 25.7 Å². The van der Waals surface area contributed by atoms with Gasteiger partial charge in [0.05, 0.1) is 0 Å². The molecule has 0 unspecified atom stereocenters. The van der Waals surface area contributed by atoms with Gasteiger partial charge >= 0.3 is 0 Å². The maximum atomic E-state index is 11.7. The van der Waals surface area contributed by atoms with E-state index < -0.39 is 0 Å². The number of anilines is 1. The molecule has 92 valence electrons. The summed E-state index contributed by atoms with van der Waals surface area (Å²) in [5.74, 6) is 0.941. The third-order valence-electron chi connectivity index (χ3n) is 3.23. The minimum atomic E-state index is -0.171. The van der Waals surface area contributed by atoms with E-state index in [0.717, 1.165) is 18.9 Å². The van der Waals surface area contributed by atoms with Crippen molar-refractivity contribution in [2.45, 2.75) is 32.1 Å². The molecule has 1 heterocycles. The molecule has 0 aromatic carbocycles. The van der Waals surface area contributed by atoms with E-state index in [-0.39, 0.29) is 5.91 Å². The summed E-state index contributed by atoms with van der Waals surface area (Å²) in [5.41, 5.74) is 5.73. The quantitative estimate of drug-likeness (QED) is 0.824. The zero-order valence-electron chi connectivity index (χ0n) is 9.85. The first kappa shape index (κ1) is 11.8. The van der Waals surface area contributed by atoms with Gasteiger partial charge in [-0.2, -0.15) is 0 Å². The van der Waals surface area contributed by atoms with Gasteiger partial charge in [-0.05, 0) is 24.5 Å². The van der Waals surface area contributed by atoms with Crippen molar-refractivity contribution in [2.75, 3.05) is 12.3 Å². The molecule has 0 spiro atoms. The number of hydrogen-bond donors (Lipinski definition) is 2. The molecule has 3 N–H and O–H groups in total. The topological polar surface area (TPSA) is 80.9 Å². The maximum Gasteiger partial charge on any atom is 0.271 e. The molecule has 0 radical (unpaired) electrons. The van der Waals surface area contributed by atoms with Crippen LogP contribution in [0, 0.1) is 5.92 Å². The smallest absolute Gasteiger partial charge is 0.271 e. The molecule has 1 aromatic rings. The van der Waals surface area contributed by atoms with Gasteiger partial charge in [-0.3, -0.25) is 4.79 Å². The van der Waals surface area contributed by atoms with E-state index >= 15 is 0 Å². The van der Waals surface area contributed by atoms with Crippen LogP contribution in [0.4, 0.5) is 5.82 Å². The fourth-order valence-corrected chi connectivity index (χ4v) is 2.24. The minimum Gasteiger partial charge on any atom is -0.382 e. The highest BCUT2D eigenvalue weighted by Gasteiger charge is 2.15. The zero-order chi connectivity index (χ0) is 12.1. The lowest BCUT2D eigenvalue weighted by molar-refractivity contribution is 0.0945. The first-order chi connectivity index (χ1) is 8.25. The van der Waals surface area contributed by atoms with Crippen LogP contribution in [0.5, 0.6) is 0 Å². The third-order valence-corrected chi connectivity index (χ3v) is 3.23. The first-order valence-corrected chi connectivity index (χ1v) is 6.13. The first-order valence-electron chi connectivity index (χ1n) is 6.13. The van der Waals surface area contributed by atoms with E-state index in [9.17, 15) is 4.79 Å². The SMILES string of the molecule is Nc1ccc(C(=O)NCCC2CCCC2)nn1. The van der Waals surface area contributed by atoms with Crippen LogP contribution < -0.4 is 11.1 Å². The van der Waals surface area contributed by atoms with Crippen LogP contribution in [0.2, 0.25) is 0 Å². The molecule has 17 heavy (non-hydrogen) atoms. The number of carbonyl (C=O) groups is 1. The molecule has 5 heteroatoms. The van der Waals surface area contributed by atoms with Crippen LogP contribution in [0.1, 0.15) is 42.6 Å². The molecule has 0 aliphatic heterocycles. The summed E-state index contributed by atoms with van der Waals surface area (Å²) >= 11 is 0. The van der Waals surface area contributed by atoms with Gasteiger partial charge in [0.1, 0.15) is 5.82 Å². The predicted octanol–water partition coefficient (Wildman–Crippen LogP) is 1.37. The largest absolute Gasteiger partial charge is 0.382 e. The van der Waals surface area contributed by atoms with Crippen molar-refractivity contribution in [3.63, 3.8) is 0 Å². The van der Waals surface area contributed by atoms with Crippen LogP contribution in [0.25, 0.3) is 0 Å². The fraction of sp³-hybridized carbons (Fsp3) is 0.583. The number of nitrogen functional groups attached to an aromatic ring is 1. The van der Waals surface area contributed by atoms with Crippen molar-refractivity contribution in [2.24, 2.45) is 5.92 Å². The van der Waals surface area contributed by atoms with E-state index in [1.807, 2.05) is 0 Å². The van der Waals surface area contributed by atoms with Gasteiger partial charge in [-0.25, -0.2) is 0 Å². The molecular formula is C12H18N4O. The van der Waals surface area contributed by atoms with E-state index in [1.165, 1.54) is 25.7 Å². The number of hydrogen-bond acceptors (Lipinski definition) is 4. The molecule has 2 rings (SSSR count). The minimum absolute atomic E-state index is 0.171. The molecule has 1 aromatic heterocycles. The number of nitrogens with one attached hydrogen (secondary N) is 1. The van der Waals surface area contributed by atoms with Crippen LogP contribution in [-0.2, 0) is 0 Å². The second-order valence-electron chi connectivity index (χ2n) is 4.54. The van der Waals surface area contributed by atoms with Crippen LogP contribution in [-0.4, -0.2) is 22.6 Å². The van der Waals surface area contributed by atoms with E-state index in [4.69, 9.17) is 5.73 Å². The molecule has 0 saturated heterocycles. The van der Waals surface area contributed by atoms with Crippen LogP contribution in [0.3, 0.4) is 0 Å². The molecule has 5 nitrogen and oxygen atoms in total. The Morgan fingerprint density at radius 1 is 1.35 bits per heavy atom. The molecule has 1 fully saturated rings. The van der Waals surface area contributed by atoms with Gasteiger partial charge in [0.25, 0.3) is 5.91 Å². The zero-order valence-corrected chi connectivity index (χ0v) is 9.85. The molecular weight excluding hydrogens is 216 g/mol. The normalized spacial score (nSPS) is 16.0. The van der Waals surface area contributed by atoms with Gasteiger partial charge < -0.3 is 11.1 Å². The Morgan fingerprint density at radius 3 is 2.76 bits per heavy atom. The Kier molecular flexibility index (Phi) is 3.90. The number of nitrogens with zero attached hydrogens (tertiary/aromatic N) is 2. The number of carbonyl (C=O) groups excluding carboxylic acids is 1. The standard InChI is InChI=1S/C12H18N4O/c13-11-6-5-10(15-16-11)12(17)14-8-7-9-3-1-2-4-9/h5-6,9H,1-4,7-8H2,(H2,13,16)(H,14,17). The lowest BCUT2D eigenvalue weighted by Gasteiger charge is -2.09. The Hall–Kier alpha value is -1.65. The highest BCUT2D eigenvalue weighted by Crippen LogP contribution is 2.26. The highest BCUT2D eigenvalue weighted by atomic mass is 16.1. The summed E-state index contributed by atoms with van der Waals surface area (Å²) in [4.78, 5) is 11.7. The fourth-order valence-electron chi connectivity index (χ4n) is 2.24. The number of rotatable bonds is 4. The van der Waals surface area contributed by atoms with Crippen molar-refractivity contribution in [1.82, 2.24) is 15.5 Å². The maximum absolute atomic E-state index is 11.7. The lowest BCUT2D eigenvalue weighted by Crippen LogP contribution is -2.26. The lowest BCUT2D eigenvalue weighted by atomic mass is 10.0.